The van der Waals surface area contributed by atoms with Gasteiger partial charge in [-0.3, -0.25) is 10.1 Å². The first-order valence-corrected chi connectivity index (χ1v) is 10.8. The summed E-state index contributed by atoms with van der Waals surface area (Å²) in [5.41, 5.74) is -2.35. The lowest BCUT2D eigenvalue weighted by Crippen LogP contribution is -2.48. The summed E-state index contributed by atoms with van der Waals surface area (Å²) in [6, 6.07) is 5.37. The number of carbonyl (C=O) groups excluding carboxylic acids is 1. The van der Waals surface area contributed by atoms with Crippen LogP contribution >= 0.6 is 0 Å². The van der Waals surface area contributed by atoms with Crippen molar-refractivity contribution in [1.29, 1.82) is 0 Å². The second kappa shape index (κ2) is 9.82. The second-order valence-electron chi connectivity index (χ2n) is 7.00. The van der Waals surface area contributed by atoms with Gasteiger partial charge in [0.25, 0.3) is 5.69 Å². The number of methoxy groups -OCH3 is 1. The van der Waals surface area contributed by atoms with Gasteiger partial charge in [0.15, 0.2) is 0 Å². The monoisotopic (exact) mass is 506 g/mol. The van der Waals surface area contributed by atoms with Gasteiger partial charge in [-0.2, -0.15) is 17.5 Å². The average molecular weight is 506 g/mol. The van der Waals surface area contributed by atoms with Gasteiger partial charge < -0.3 is 25.7 Å². The molecule has 1 heterocycles. The molecule has 1 aliphatic rings. The van der Waals surface area contributed by atoms with E-state index in [2.05, 4.69) is 0 Å². The van der Waals surface area contributed by atoms with E-state index in [1.165, 1.54) is 18.1 Å². The third-order valence-corrected chi connectivity index (χ3v) is 7.02. The topological polar surface area (TPSA) is 170 Å². The fraction of sp³-hybridized carbons (Fsp3) is 0.316. The molecule has 0 spiro atoms. The molecule has 1 aliphatic heterocycles. The van der Waals surface area contributed by atoms with Crippen molar-refractivity contribution in [2.24, 2.45) is 0 Å². The molecule has 0 aromatic heterocycles. The van der Waals surface area contributed by atoms with E-state index in [9.17, 15) is 41.6 Å². The fourth-order valence-corrected chi connectivity index (χ4v) is 5.03. The fourth-order valence-electron chi connectivity index (χ4n) is 3.43. The van der Waals surface area contributed by atoms with E-state index in [-0.39, 0.29) is 54.2 Å². The summed E-state index contributed by atoms with van der Waals surface area (Å²) in [6.45, 7) is -0.402. The van der Waals surface area contributed by atoms with Gasteiger partial charge in [0.05, 0.1) is 23.6 Å². The number of halogens is 3. The Balaban J connectivity index is 0.00000408. The Labute approximate surface area is 192 Å². The van der Waals surface area contributed by atoms with E-state index in [0.717, 1.165) is 28.6 Å². The maximum absolute atomic E-state index is 13.1. The van der Waals surface area contributed by atoms with Crippen LogP contribution in [-0.4, -0.2) is 56.9 Å². The molecule has 0 unspecified atom stereocenters. The van der Waals surface area contributed by atoms with Crippen molar-refractivity contribution in [3.8, 4) is 5.75 Å². The van der Waals surface area contributed by atoms with Crippen LogP contribution < -0.4 is 20.9 Å². The van der Waals surface area contributed by atoms with Crippen LogP contribution in [0.15, 0.2) is 41.3 Å². The largest absolute Gasteiger partial charge is 0.545 e. The lowest BCUT2D eigenvalue weighted by Gasteiger charge is -2.35. The highest BCUT2D eigenvalue weighted by Crippen LogP contribution is 2.37. The Morgan fingerprint density at radius 1 is 1.09 bits per heavy atom. The normalized spacial score (nSPS) is 14.9. The van der Waals surface area contributed by atoms with Gasteiger partial charge in [0.2, 0.25) is 10.0 Å². The van der Waals surface area contributed by atoms with E-state index in [4.69, 9.17) is 4.74 Å². The second-order valence-corrected chi connectivity index (χ2v) is 8.91. The smallest absolute Gasteiger partial charge is 0.416 e. The van der Waals surface area contributed by atoms with Gasteiger partial charge in [-0.05, 0) is 35.9 Å². The van der Waals surface area contributed by atoms with Crippen LogP contribution in [0.25, 0.3) is 0 Å². The number of rotatable bonds is 6. The van der Waals surface area contributed by atoms with Crippen LogP contribution in [0.2, 0.25) is 0 Å². The minimum absolute atomic E-state index is 0. The number of hydrogen-bond donors (Lipinski definition) is 1. The first kappa shape index (κ1) is 26.8. The molecule has 1 saturated heterocycles. The number of nitro benzene ring substituents is 1. The number of anilines is 1. The molecule has 15 heteroatoms. The molecule has 0 aliphatic carbocycles. The van der Waals surface area contributed by atoms with Gasteiger partial charge >= 0.3 is 6.18 Å². The van der Waals surface area contributed by atoms with Crippen LogP contribution in [-0.2, 0) is 16.2 Å². The molecule has 3 rings (SSSR count). The Morgan fingerprint density at radius 2 is 1.71 bits per heavy atom. The zero-order valence-corrected chi connectivity index (χ0v) is 18.9. The van der Waals surface area contributed by atoms with E-state index in [1.54, 1.807) is 0 Å². The molecule has 0 saturated carbocycles. The van der Waals surface area contributed by atoms with E-state index >= 15 is 0 Å². The summed E-state index contributed by atoms with van der Waals surface area (Å²) in [6.07, 6.45) is -4.75. The Hall–Kier alpha value is -3.43. The van der Waals surface area contributed by atoms with Crippen molar-refractivity contribution in [2.45, 2.75) is 11.1 Å². The summed E-state index contributed by atoms with van der Waals surface area (Å²) in [5.74, 6) is -1.66. The summed E-state index contributed by atoms with van der Waals surface area (Å²) in [4.78, 5) is 22.6. The number of sulfonamides is 1. The van der Waals surface area contributed by atoms with Crippen molar-refractivity contribution in [3.05, 3.63) is 57.6 Å². The Bertz CT molecular complexity index is 1200. The number of ether oxygens (including phenoxy) is 1. The third-order valence-electron chi connectivity index (χ3n) is 5.10. The molecule has 2 aromatic rings. The van der Waals surface area contributed by atoms with Gasteiger partial charge in [-0.25, -0.2) is 8.42 Å². The standard InChI is InChI=1S/C19H18F3N3O7S.H3N/c1-32-16-5-2-12(18(26)27)10-17(16)33(30,31)24-8-6-23(7-9-24)14-4-3-13(19(20,21)22)11-15(14)25(28)29;/h2-5,10-11H,6-9H2,1H3,(H,26,27);1H3. The quantitative estimate of drug-likeness (QED) is 0.457. The van der Waals surface area contributed by atoms with E-state index in [0.29, 0.717) is 6.07 Å². The molecular weight excluding hydrogens is 485 g/mol. The average Bonchev–Trinajstić information content (AvgIpc) is 2.77. The van der Waals surface area contributed by atoms with E-state index < -0.39 is 38.3 Å². The zero-order chi connectivity index (χ0) is 24.6. The van der Waals surface area contributed by atoms with Gasteiger partial charge in [-0.15, -0.1) is 0 Å². The highest BCUT2D eigenvalue weighted by molar-refractivity contribution is 7.89. The highest BCUT2D eigenvalue weighted by Gasteiger charge is 2.36. The zero-order valence-electron chi connectivity index (χ0n) is 18.0. The number of nitrogens with zero attached hydrogens (tertiary/aromatic N) is 3. The van der Waals surface area contributed by atoms with Gasteiger partial charge in [-0.1, -0.05) is 0 Å². The molecule has 186 valence electrons. The van der Waals surface area contributed by atoms with Crippen LogP contribution in [0.4, 0.5) is 24.5 Å². The number of piperazine rings is 1. The van der Waals surface area contributed by atoms with Crippen LogP contribution in [0.3, 0.4) is 0 Å². The molecule has 4 N–H and O–H groups in total. The summed E-state index contributed by atoms with van der Waals surface area (Å²) in [5, 5.41) is 22.5. The van der Waals surface area contributed by atoms with Crippen LogP contribution in [0.1, 0.15) is 15.9 Å². The molecule has 0 bridgehead atoms. The maximum atomic E-state index is 13.1. The van der Waals surface area contributed by atoms with Crippen molar-refractivity contribution in [2.75, 3.05) is 38.2 Å². The van der Waals surface area contributed by atoms with Gasteiger partial charge in [0.1, 0.15) is 16.3 Å². The molecule has 0 radical (unpaired) electrons. The Kier molecular flexibility index (Phi) is 7.75. The van der Waals surface area contributed by atoms with Crippen molar-refractivity contribution < 1.29 is 41.2 Å². The number of carboxylic acid groups (broad SMARTS) is 1. The number of alkyl halides is 3. The van der Waals surface area contributed by atoms with Crippen molar-refractivity contribution in [1.82, 2.24) is 10.5 Å². The molecule has 34 heavy (non-hydrogen) atoms. The SMILES string of the molecule is COc1ccc(C(=O)[O-])cc1S(=O)(=O)N1CCN(c2ccc(C(F)(F)F)cc2[N+](=O)[O-])CC1.[NH4+]. The van der Waals surface area contributed by atoms with Gasteiger partial charge in [0, 0.05) is 32.2 Å². The highest BCUT2D eigenvalue weighted by atomic mass is 32.2. The number of carbonyl (C=O) groups is 1. The third kappa shape index (κ3) is 5.21. The molecule has 1 fully saturated rings. The summed E-state index contributed by atoms with van der Waals surface area (Å²) >= 11 is 0. The predicted molar refractivity (Wildman–Crippen MR) is 112 cm³/mol. The summed E-state index contributed by atoms with van der Waals surface area (Å²) in [7, 11) is -2.99. The predicted octanol–water partition coefficient (Wildman–Crippen LogP) is 1.87. The molecule has 2 aromatic carbocycles. The number of aromatic carboxylic acids is 1. The lowest BCUT2D eigenvalue weighted by atomic mass is 10.1. The molecule has 0 amide bonds. The molecule has 0 atom stereocenters. The van der Waals surface area contributed by atoms with Crippen molar-refractivity contribution >= 4 is 27.4 Å². The maximum Gasteiger partial charge on any atom is 0.416 e. The summed E-state index contributed by atoms with van der Waals surface area (Å²) < 4.78 is 71.0. The first-order chi connectivity index (χ1) is 15.4. The number of nitro groups is 1. The Morgan fingerprint density at radius 3 is 2.21 bits per heavy atom. The number of carboxylic acids is 1. The molecule has 11 nitrogen and oxygen atoms in total. The first-order valence-electron chi connectivity index (χ1n) is 9.36. The number of hydrogen-bond acceptors (Lipinski definition) is 8. The molecular formula is C19H21F3N4O7S. The number of benzene rings is 2. The lowest BCUT2D eigenvalue weighted by molar-refractivity contribution is -0.384. The minimum Gasteiger partial charge on any atom is -0.545 e. The van der Waals surface area contributed by atoms with Crippen LogP contribution in [0, 0.1) is 10.1 Å². The van der Waals surface area contributed by atoms with E-state index in [1.807, 2.05) is 0 Å². The van der Waals surface area contributed by atoms with Crippen molar-refractivity contribution in [3.63, 3.8) is 0 Å². The van der Waals surface area contributed by atoms with Crippen LogP contribution in [0.5, 0.6) is 5.75 Å². The number of quaternary nitrogens is 1. The minimum atomic E-state index is -4.75.